The van der Waals surface area contributed by atoms with Crippen LogP contribution in [-0.4, -0.2) is 36.2 Å². The molecule has 7 heteroatoms. The Balaban J connectivity index is 3.05. The highest BCUT2D eigenvalue weighted by atomic mass is 19.4. The predicted octanol–water partition coefficient (Wildman–Crippen LogP) is 1.86. The van der Waals surface area contributed by atoms with Gasteiger partial charge < -0.3 is 9.47 Å². The van der Waals surface area contributed by atoms with E-state index in [2.05, 4.69) is 4.74 Å². The van der Waals surface area contributed by atoms with Crippen molar-refractivity contribution in [2.75, 3.05) is 6.61 Å². The number of esters is 1. The lowest BCUT2D eigenvalue weighted by Crippen LogP contribution is -2.48. The molecule has 1 aliphatic rings. The van der Waals surface area contributed by atoms with E-state index in [4.69, 9.17) is 4.74 Å². The van der Waals surface area contributed by atoms with Crippen LogP contribution >= 0.6 is 0 Å². The van der Waals surface area contributed by atoms with Crippen LogP contribution in [-0.2, 0) is 19.1 Å². The number of rotatable bonds is 3. The number of alkyl halides is 3. The van der Waals surface area contributed by atoms with Crippen molar-refractivity contribution in [2.24, 2.45) is 5.92 Å². The molecule has 0 saturated carbocycles. The van der Waals surface area contributed by atoms with Gasteiger partial charge in [0.15, 0.2) is 11.4 Å². The summed E-state index contributed by atoms with van der Waals surface area (Å²) in [7, 11) is 0. The fraction of sp³-hybridized carbons (Fsp3) is 0.818. The molecule has 0 aromatic heterocycles. The fourth-order valence-electron chi connectivity index (χ4n) is 2.08. The topological polar surface area (TPSA) is 52.6 Å². The lowest BCUT2D eigenvalue weighted by atomic mass is 9.84. The number of ketones is 1. The van der Waals surface area contributed by atoms with E-state index >= 15 is 0 Å². The lowest BCUT2D eigenvalue weighted by Gasteiger charge is -2.30. The quantitative estimate of drug-likeness (QED) is 0.579. The van der Waals surface area contributed by atoms with Gasteiger partial charge in [0.05, 0.1) is 12.5 Å². The molecule has 0 N–H and O–H groups in total. The van der Waals surface area contributed by atoms with Crippen molar-refractivity contribution in [3.63, 3.8) is 0 Å². The maximum absolute atomic E-state index is 12.9. The van der Waals surface area contributed by atoms with Crippen LogP contribution in [0.3, 0.4) is 0 Å². The number of hydrogen-bond acceptors (Lipinski definition) is 4. The second-order valence-corrected chi connectivity index (χ2v) is 4.22. The Hall–Kier alpha value is -1.11. The van der Waals surface area contributed by atoms with E-state index in [9.17, 15) is 22.8 Å². The molecule has 0 bridgehead atoms. The zero-order chi connectivity index (χ0) is 14.1. The SMILES string of the molecule is CCOC(=O)C1O[C@@](C)(C(F)(F)F)[C@@H](CC)C1=O. The second kappa shape index (κ2) is 4.87. The Morgan fingerprint density at radius 2 is 2.00 bits per heavy atom. The van der Waals surface area contributed by atoms with E-state index in [-0.39, 0.29) is 13.0 Å². The van der Waals surface area contributed by atoms with Crippen molar-refractivity contribution >= 4 is 11.8 Å². The van der Waals surface area contributed by atoms with Crippen LogP contribution in [0.2, 0.25) is 0 Å². The van der Waals surface area contributed by atoms with Crippen LogP contribution < -0.4 is 0 Å². The average molecular weight is 268 g/mol. The highest BCUT2D eigenvalue weighted by Crippen LogP contribution is 2.46. The smallest absolute Gasteiger partial charge is 0.417 e. The molecule has 3 atom stereocenters. The maximum Gasteiger partial charge on any atom is 0.417 e. The zero-order valence-corrected chi connectivity index (χ0v) is 10.3. The molecule has 1 fully saturated rings. The maximum atomic E-state index is 12.9. The van der Waals surface area contributed by atoms with E-state index in [0.717, 1.165) is 6.92 Å². The van der Waals surface area contributed by atoms with Crippen molar-refractivity contribution in [3.05, 3.63) is 0 Å². The Morgan fingerprint density at radius 3 is 2.33 bits per heavy atom. The molecule has 1 heterocycles. The fourth-order valence-corrected chi connectivity index (χ4v) is 2.08. The molecule has 18 heavy (non-hydrogen) atoms. The van der Waals surface area contributed by atoms with Gasteiger partial charge in [-0.05, 0) is 20.3 Å². The van der Waals surface area contributed by atoms with Gasteiger partial charge in [0.1, 0.15) is 0 Å². The third-order valence-corrected chi connectivity index (χ3v) is 3.10. The lowest BCUT2D eigenvalue weighted by molar-refractivity contribution is -0.275. The van der Waals surface area contributed by atoms with Crippen molar-refractivity contribution in [3.8, 4) is 0 Å². The summed E-state index contributed by atoms with van der Waals surface area (Å²) in [6, 6.07) is 0. The first-order valence-corrected chi connectivity index (χ1v) is 5.63. The van der Waals surface area contributed by atoms with Crippen molar-refractivity contribution in [1.29, 1.82) is 0 Å². The molecular formula is C11H15F3O4. The number of halogens is 3. The van der Waals surface area contributed by atoms with Crippen LogP contribution in [0.15, 0.2) is 0 Å². The summed E-state index contributed by atoms with van der Waals surface area (Å²) in [5.74, 6) is -3.31. The van der Waals surface area contributed by atoms with E-state index in [1.54, 1.807) is 0 Å². The number of hydrogen-bond donors (Lipinski definition) is 0. The molecule has 0 aromatic carbocycles. The molecule has 0 amide bonds. The summed E-state index contributed by atoms with van der Waals surface area (Å²) in [6.45, 7) is 3.71. The predicted molar refractivity (Wildman–Crippen MR) is 54.8 cm³/mol. The van der Waals surface area contributed by atoms with Gasteiger partial charge in [-0.15, -0.1) is 0 Å². The van der Waals surface area contributed by atoms with Crippen LogP contribution in [0.4, 0.5) is 13.2 Å². The van der Waals surface area contributed by atoms with E-state index in [1.165, 1.54) is 13.8 Å². The van der Waals surface area contributed by atoms with Crippen LogP contribution in [0.25, 0.3) is 0 Å². The van der Waals surface area contributed by atoms with Crippen LogP contribution in [0, 0.1) is 5.92 Å². The Kier molecular flexibility index (Phi) is 4.05. The normalized spacial score (nSPS) is 32.7. The summed E-state index contributed by atoms with van der Waals surface area (Å²) in [4.78, 5) is 23.2. The standard InChI is InChI=1S/C11H15F3O4/c1-4-6-7(15)8(9(16)17-5-2)18-10(6,3)11(12,13)14/h6,8H,4-5H2,1-3H3/t6-,8?,10+/m0/s1. The second-order valence-electron chi connectivity index (χ2n) is 4.22. The number of carbonyl (C=O) groups is 2. The van der Waals surface area contributed by atoms with Gasteiger partial charge in [-0.3, -0.25) is 4.79 Å². The van der Waals surface area contributed by atoms with E-state index < -0.39 is 35.6 Å². The Bertz CT molecular complexity index is 353. The molecule has 0 radical (unpaired) electrons. The Labute approximate surface area is 102 Å². The third-order valence-electron chi connectivity index (χ3n) is 3.10. The molecule has 0 spiro atoms. The molecule has 1 saturated heterocycles. The van der Waals surface area contributed by atoms with Crippen molar-refractivity contribution in [2.45, 2.75) is 45.1 Å². The summed E-state index contributed by atoms with van der Waals surface area (Å²) in [5.41, 5.74) is -2.63. The van der Waals surface area contributed by atoms with Crippen molar-refractivity contribution < 1.29 is 32.2 Å². The molecule has 1 unspecified atom stereocenters. The summed E-state index contributed by atoms with van der Waals surface area (Å²) >= 11 is 0. The third kappa shape index (κ3) is 2.23. The van der Waals surface area contributed by atoms with Crippen molar-refractivity contribution in [1.82, 2.24) is 0 Å². The molecule has 0 aromatic rings. The summed E-state index contributed by atoms with van der Waals surface area (Å²) in [6.07, 6.45) is -6.54. The zero-order valence-electron chi connectivity index (χ0n) is 10.3. The molecule has 104 valence electrons. The van der Waals surface area contributed by atoms with E-state index in [0.29, 0.717) is 0 Å². The van der Waals surface area contributed by atoms with Gasteiger partial charge in [-0.25, -0.2) is 4.79 Å². The monoisotopic (exact) mass is 268 g/mol. The number of carbonyl (C=O) groups excluding carboxylic acids is 2. The van der Waals surface area contributed by atoms with Gasteiger partial charge in [-0.1, -0.05) is 6.92 Å². The first-order valence-electron chi connectivity index (χ1n) is 5.63. The molecule has 1 rings (SSSR count). The Morgan fingerprint density at radius 1 is 1.44 bits per heavy atom. The first-order chi connectivity index (χ1) is 8.19. The van der Waals surface area contributed by atoms with Crippen LogP contribution in [0.1, 0.15) is 27.2 Å². The first kappa shape index (κ1) is 14.9. The summed E-state index contributed by atoms with van der Waals surface area (Å²) < 4.78 is 48.1. The molecule has 4 nitrogen and oxygen atoms in total. The van der Waals surface area contributed by atoms with Gasteiger partial charge in [0.25, 0.3) is 0 Å². The number of ether oxygens (including phenoxy) is 2. The van der Waals surface area contributed by atoms with E-state index in [1.807, 2.05) is 0 Å². The van der Waals surface area contributed by atoms with Gasteiger partial charge in [-0.2, -0.15) is 13.2 Å². The van der Waals surface area contributed by atoms with Gasteiger partial charge in [0, 0.05) is 0 Å². The number of Topliss-reactive ketones (excluding diaryl/α,β-unsaturated/α-hetero) is 1. The molecule has 0 aliphatic carbocycles. The highest BCUT2D eigenvalue weighted by molar-refractivity contribution is 6.05. The summed E-state index contributed by atoms with van der Waals surface area (Å²) in [5, 5.41) is 0. The molecular weight excluding hydrogens is 253 g/mol. The minimum atomic E-state index is -4.72. The van der Waals surface area contributed by atoms with Gasteiger partial charge in [0.2, 0.25) is 6.10 Å². The largest absolute Gasteiger partial charge is 0.464 e. The average Bonchev–Trinajstić information content (AvgIpc) is 2.51. The van der Waals surface area contributed by atoms with Gasteiger partial charge >= 0.3 is 12.1 Å². The molecule has 1 aliphatic heterocycles. The van der Waals surface area contributed by atoms with Crippen LogP contribution in [0.5, 0.6) is 0 Å². The minimum absolute atomic E-state index is 0.0223. The highest BCUT2D eigenvalue weighted by Gasteiger charge is 2.66. The minimum Gasteiger partial charge on any atom is -0.464 e.